The van der Waals surface area contributed by atoms with Crippen molar-refractivity contribution >= 4 is 5.95 Å². The highest BCUT2D eigenvalue weighted by Crippen LogP contribution is 2.22. The largest absolute Gasteiger partial charge is 0.395 e. The maximum Gasteiger partial charge on any atom is 0.246 e. The lowest BCUT2D eigenvalue weighted by Crippen LogP contribution is -2.35. The number of rotatable bonds is 5. The molecule has 1 heterocycles. The molecule has 0 aliphatic rings. The van der Waals surface area contributed by atoms with Crippen LogP contribution in [0.2, 0.25) is 0 Å². The second-order valence-electron chi connectivity index (χ2n) is 4.97. The van der Waals surface area contributed by atoms with E-state index in [9.17, 15) is 0 Å². The molecule has 0 spiro atoms. The van der Waals surface area contributed by atoms with Gasteiger partial charge in [-0.25, -0.2) is 4.98 Å². The maximum absolute atomic E-state index is 9.16. The Morgan fingerprint density at radius 1 is 1.25 bits per heavy atom. The Morgan fingerprint density at radius 3 is 2.65 bits per heavy atom. The van der Waals surface area contributed by atoms with Crippen molar-refractivity contribution in [2.45, 2.75) is 26.8 Å². The summed E-state index contributed by atoms with van der Waals surface area (Å²) < 4.78 is 0. The van der Waals surface area contributed by atoms with E-state index < -0.39 is 0 Å². The number of hydrogen-bond acceptors (Lipinski definition) is 5. The smallest absolute Gasteiger partial charge is 0.246 e. The molecule has 0 radical (unpaired) electrons. The average Bonchev–Trinajstić information content (AvgIpc) is 2.45. The molecule has 0 aliphatic heterocycles. The third-order valence-electron chi connectivity index (χ3n) is 3.19. The van der Waals surface area contributed by atoms with Crippen molar-refractivity contribution in [2.24, 2.45) is 0 Å². The fourth-order valence-corrected chi connectivity index (χ4v) is 2.10. The van der Waals surface area contributed by atoms with E-state index in [4.69, 9.17) is 5.11 Å². The fraction of sp³-hybridized carbons (Fsp3) is 0.400. The summed E-state index contributed by atoms with van der Waals surface area (Å²) >= 11 is 0. The van der Waals surface area contributed by atoms with E-state index in [0.717, 1.165) is 16.8 Å². The van der Waals surface area contributed by atoms with Crippen LogP contribution in [0.1, 0.15) is 19.4 Å². The molecule has 5 heteroatoms. The van der Waals surface area contributed by atoms with E-state index in [1.54, 1.807) is 6.20 Å². The summed E-state index contributed by atoms with van der Waals surface area (Å²) in [7, 11) is 0. The lowest BCUT2D eigenvalue weighted by Gasteiger charge is -2.25. The van der Waals surface area contributed by atoms with Crippen LogP contribution >= 0.6 is 0 Å². The quantitative estimate of drug-likeness (QED) is 0.902. The molecule has 1 N–H and O–H groups in total. The number of benzene rings is 1. The number of hydrogen-bond donors (Lipinski definition) is 1. The van der Waals surface area contributed by atoms with Gasteiger partial charge in [0.1, 0.15) is 0 Å². The summed E-state index contributed by atoms with van der Waals surface area (Å²) in [6.07, 6.45) is 1.67. The minimum absolute atomic E-state index is 0.0656. The molecule has 0 saturated heterocycles. The van der Waals surface area contributed by atoms with E-state index in [2.05, 4.69) is 15.2 Å². The molecule has 0 amide bonds. The number of nitrogens with zero attached hydrogens (tertiary/aromatic N) is 4. The Labute approximate surface area is 119 Å². The first-order chi connectivity index (χ1) is 9.63. The van der Waals surface area contributed by atoms with Crippen molar-refractivity contribution < 1.29 is 5.11 Å². The van der Waals surface area contributed by atoms with Gasteiger partial charge in [0.2, 0.25) is 5.95 Å². The summed E-state index contributed by atoms with van der Waals surface area (Å²) in [6, 6.07) is 8.26. The molecule has 2 rings (SSSR count). The molecule has 5 nitrogen and oxygen atoms in total. The molecular weight excluding hydrogens is 252 g/mol. The van der Waals surface area contributed by atoms with Crippen LogP contribution < -0.4 is 4.90 Å². The number of aryl methyl sites for hydroxylation is 1. The Balaban J connectivity index is 2.39. The number of aliphatic hydroxyl groups excluding tert-OH is 1. The Hall–Kier alpha value is -2.01. The zero-order valence-corrected chi connectivity index (χ0v) is 12.1. The standard InChI is InChI=1S/C15H20N4O/c1-11(2)19(8-9-20)15-17-14(10-16-18-15)13-7-5-4-6-12(13)3/h4-7,10-11,20H,8-9H2,1-3H3. The molecule has 0 bridgehead atoms. The Bertz CT molecular complexity index is 571. The van der Waals surface area contributed by atoms with E-state index in [1.807, 2.05) is 49.9 Å². The maximum atomic E-state index is 9.16. The molecule has 106 valence electrons. The van der Waals surface area contributed by atoms with Crippen molar-refractivity contribution in [1.82, 2.24) is 15.2 Å². The molecule has 0 saturated carbocycles. The van der Waals surface area contributed by atoms with Crippen LogP contribution in [-0.2, 0) is 0 Å². The molecule has 0 fully saturated rings. The highest BCUT2D eigenvalue weighted by molar-refractivity contribution is 5.63. The van der Waals surface area contributed by atoms with Crippen LogP contribution in [0.4, 0.5) is 5.95 Å². The third-order valence-corrected chi connectivity index (χ3v) is 3.19. The second kappa shape index (κ2) is 6.43. The molecule has 0 aliphatic carbocycles. The van der Waals surface area contributed by atoms with Gasteiger partial charge in [0.25, 0.3) is 0 Å². The summed E-state index contributed by atoms with van der Waals surface area (Å²) in [5.41, 5.74) is 3.00. The highest BCUT2D eigenvalue weighted by Gasteiger charge is 2.14. The molecular formula is C15H20N4O. The number of aromatic nitrogens is 3. The van der Waals surface area contributed by atoms with Gasteiger partial charge in [-0.1, -0.05) is 24.3 Å². The summed E-state index contributed by atoms with van der Waals surface area (Å²) in [5, 5.41) is 17.3. The minimum Gasteiger partial charge on any atom is -0.395 e. The predicted octanol–water partition coefficient (Wildman–Crippen LogP) is 2.05. The SMILES string of the molecule is Cc1ccccc1-c1cnnc(N(CCO)C(C)C)n1. The van der Waals surface area contributed by atoms with E-state index >= 15 is 0 Å². The van der Waals surface area contributed by atoms with Crippen molar-refractivity contribution in [2.75, 3.05) is 18.1 Å². The monoisotopic (exact) mass is 272 g/mol. The first-order valence-electron chi connectivity index (χ1n) is 6.76. The van der Waals surface area contributed by atoms with Crippen molar-refractivity contribution in [3.63, 3.8) is 0 Å². The lowest BCUT2D eigenvalue weighted by molar-refractivity contribution is 0.298. The minimum atomic E-state index is 0.0656. The summed E-state index contributed by atoms with van der Waals surface area (Å²) in [6.45, 7) is 6.69. The second-order valence-corrected chi connectivity index (χ2v) is 4.97. The van der Waals surface area contributed by atoms with Gasteiger partial charge in [0, 0.05) is 18.2 Å². The lowest BCUT2D eigenvalue weighted by atomic mass is 10.1. The van der Waals surface area contributed by atoms with Gasteiger partial charge in [0.15, 0.2) is 0 Å². The Morgan fingerprint density at radius 2 is 2.00 bits per heavy atom. The molecule has 20 heavy (non-hydrogen) atoms. The zero-order chi connectivity index (χ0) is 14.5. The van der Waals surface area contributed by atoms with Gasteiger partial charge in [-0.05, 0) is 26.3 Å². The molecule has 0 atom stereocenters. The van der Waals surface area contributed by atoms with E-state index in [1.165, 1.54) is 0 Å². The molecule has 0 unspecified atom stereocenters. The topological polar surface area (TPSA) is 62.1 Å². The molecule has 1 aromatic heterocycles. The third kappa shape index (κ3) is 3.11. The Kier molecular flexibility index (Phi) is 4.63. The van der Waals surface area contributed by atoms with Crippen molar-refractivity contribution in [3.8, 4) is 11.3 Å². The first kappa shape index (κ1) is 14.4. The average molecular weight is 272 g/mol. The van der Waals surface area contributed by atoms with Gasteiger partial charge in [0.05, 0.1) is 18.5 Å². The summed E-state index contributed by atoms with van der Waals surface area (Å²) in [4.78, 5) is 6.52. The van der Waals surface area contributed by atoms with E-state index in [0.29, 0.717) is 12.5 Å². The highest BCUT2D eigenvalue weighted by atomic mass is 16.3. The fourth-order valence-electron chi connectivity index (χ4n) is 2.10. The van der Waals surface area contributed by atoms with Crippen LogP contribution in [0.15, 0.2) is 30.5 Å². The van der Waals surface area contributed by atoms with Gasteiger partial charge in [-0.3, -0.25) is 0 Å². The van der Waals surface area contributed by atoms with Crippen LogP contribution in [0, 0.1) is 6.92 Å². The van der Waals surface area contributed by atoms with Crippen LogP contribution in [0.5, 0.6) is 0 Å². The van der Waals surface area contributed by atoms with Crippen LogP contribution in [0.25, 0.3) is 11.3 Å². The molecule has 1 aromatic carbocycles. The molecule has 2 aromatic rings. The van der Waals surface area contributed by atoms with Crippen molar-refractivity contribution in [3.05, 3.63) is 36.0 Å². The normalized spacial score (nSPS) is 10.8. The van der Waals surface area contributed by atoms with Crippen LogP contribution in [0.3, 0.4) is 0 Å². The van der Waals surface area contributed by atoms with Gasteiger partial charge in [-0.2, -0.15) is 5.10 Å². The van der Waals surface area contributed by atoms with Gasteiger partial charge < -0.3 is 10.0 Å². The zero-order valence-electron chi connectivity index (χ0n) is 12.1. The first-order valence-corrected chi connectivity index (χ1v) is 6.76. The number of aliphatic hydroxyl groups is 1. The van der Waals surface area contributed by atoms with Gasteiger partial charge >= 0.3 is 0 Å². The number of anilines is 1. The van der Waals surface area contributed by atoms with Crippen molar-refractivity contribution in [1.29, 1.82) is 0 Å². The van der Waals surface area contributed by atoms with Gasteiger partial charge in [-0.15, -0.1) is 5.10 Å². The summed E-state index contributed by atoms with van der Waals surface area (Å²) in [5.74, 6) is 0.551. The predicted molar refractivity (Wildman–Crippen MR) is 79.6 cm³/mol. The van der Waals surface area contributed by atoms with Crippen LogP contribution in [-0.4, -0.2) is 39.5 Å². The van der Waals surface area contributed by atoms with E-state index in [-0.39, 0.29) is 12.6 Å².